The molecule has 3 heterocycles. The molecule has 0 saturated heterocycles. The Labute approximate surface area is 168 Å². The van der Waals surface area contributed by atoms with Crippen LogP contribution in [0.15, 0.2) is 59.9 Å². The maximum absolute atomic E-state index is 11.7. The van der Waals surface area contributed by atoms with Crippen LogP contribution in [0.25, 0.3) is 11.8 Å². The van der Waals surface area contributed by atoms with Crippen LogP contribution in [0.4, 0.5) is 5.69 Å². The van der Waals surface area contributed by atoms with E-state index in [1.54, 1.807) is 11.8 Å². The first-order chi connectivity index (χ1) is 13.7. The van der Waals surface area contributed by atoms with E-state index in [1.165, 1.54) is 11.1 Å². The van der Waals surface area contributed by atoms with E-state index in [2.05, 4.69) is 59.5 Å². The summed E-state index contributed by atoms with van der Waals surface area (Å²) in [7, 11) is 0. The third-order valence-corrected chi connectivity index (χ3v) is 6.22. The molecule has 0 saturated carbocycles. The molecule has 1 aromatic heterocycles. The van der Waals surface area contributed by atoms with E-state index >= 15 is 0 Å². The van der Waals surface area contributed by atoms with Crippen molar-refractivity contribution in [2.24, 2.45) is 0 Å². The number of nitrogens with zero attached hydrogens (tertiary/aromatic N) is 2. The minimum Gasteiger partial charge on any atom is -0.482 e. The second kappa shape index (κ2) is 6.87. The van der Waals surface area contributed by atoms with Gasteiger partial charge in [-0.15, -0.1) is 0 Å². The third-order valence-electron chi connectivity index (χ3n) is 4.94. The molecule has 0 fully saturated rings. The Morgan fingerprint density at radius 1 is 1.29 bits per heavy atom. The first-order valence-corrected chi connectivity index (χ1v) is 10.2. The molecular weight excluding hydrogens is 370 g/mol. The number of hydrogen-bond donors (Lipinski definition) is 1. The Morgan fingerprint density at radius 2 is 2.14 bits per heavy atom. The molecular formula is C22H21N3O2S. The van der Waals surface area contributed by atoms with Crippen molar-refractivity contribution in [3.05, 3.63) is 71.5 Å². The zero-order chi connectivity index (χ0) is 19.1. The molecule has 2 aromatic carbocycles. The van der Waals surface area contributed by atoms with Crippen molar-refractivity contribution >= 4 is 35.1 Å². The lowest BCUT2D eigenvalue weighted by Gasteiger charge is -2.26. The molecule has 5 rings (SSSR count). The van der Waals surface area contributed by atoms with Crippen LogP contribution in [-0.2, 0) is 11.2 Å². The number of imidazole rings is 1. The van der Waals surface area contributed by atoms with Crippen molar-refractivity contribution in [3.63, 3.8) is 0 Å². The van der Waals surface area contributed by atoms with Crippen molar-refractivity contribution in [1.82, 2.24) is 9.55 Å². The number of nitrogens with one attached hydrogen (secondary N) is 1. The van der Waals surface area contributed by atoms with Gasteiger partial charge in [0, 0.05) is 13.8 Å². The zero-order valence-electron chi connectivity index (χ0n) is 15.4. The van der Waals surface area contributed by atoms with Crippen molar-refractivity contribution < 1.29 is 11.0 Å². The van der Waals surface area contributed by atoms with Crippen LogP contribution in [0.2, 0.25) is 0 Å². The number of benzene rings is 2. The maximum Gasteiger partial charge on any atom is 0.262 e. The topological polar surface area (TPSA) is 56.2 Å². The molecule has 1 atom stereocenters. The lowest BCUT2D eigenvalue weighted by atomic mass is 9.97. The molecule has 6 heteroatoms. The maximum atomic E-state index is 11.7. The van der Waals surface area contributed by atoms with Crippen LogP contribution in [0, 0.1) is 0 Å². The molecule has 142 valence electrons. The average Bonchev–Trinajstić information content (AvgIpc) is 3.15. The van der Waals surface area contributed by atoms with Crippen LogP contribution in [-0.4, -0.2) is 22.1 Å². The summed E-state index contributed by atoms with van der Waals surface area (Å²) in [5.41, 5.74) is 5.26. The highest BCUT2D eigenvalue weighted by Gasteiger charge is 2.28. The summed E-state index contributed by atoms with van der Waals surface area (Å²) in [5.74, 6) is 0.584. The lowest BCUT2D eigenvalue weighted by molar-refractivity contribution is -0.118. The van der Waals surface area contributed by atoms with Gasteiger partial charge in [-0.25, -0.2) is 4.98 Å². The number of fused-ring (bicyclic) bond motifs is 2. The Balaban J connectivity index is 0.00000205. The normalized spacial score (nSPS) is 17.8. The van der Waals surface area contributed by atoms with Gasteiger partial charge in [-0.05, 0) is 35.3 Å². The van der Waals surface area contributed by atoms with Gasteiger partial charge in [0.15, 0.2) is 11.8 Å². The minimum absolute atomic E-state index is 0. The number of ether oxygens (including phenoxy) is 1. The zero-order valence-corrected chi connectivity index (χ0v) is 16.2. The summed E-state index contributed by atoms with van der Waals surface area (Å²) >= 11 is 1.75. The summed E-state index contributed by atoms with van der Waals surface area (Å²) in [5, 5.41) is 4.04. The molecule has 28 heavy (non-hydrogen) atoms. The first kappa shape index (κ1) is 17.1. The fourth-order valence-corrected chi connectivity index (χ4v) is 4.75. The number of rotatable bonds is 3. The van der Waals surface area contributed by atoms with Crippen LogP contribution >= 0.6 is 11.8 Å². The number of amides is 1. The lowest BCUT2D eigenvalue weighted by Crippen LogP contribution is -2.25. The average molecular weight is 391 g/mol. The molecule has 0 spiro atoms. The van der Waals surface area contributed by atoms with Gasteiger partial charge in [0.1, 0.15) is 5.75 Å². The standard InChI is InChI=1S/C22H19N3O2S.H2/c1-2-16-11-25-12-17(15-8-9-19-18(10-15)24-20(26)13-27-19)21(28-22(25)23-16)14-6-4-3-5-7-14;/h3-12,21H,2,13H2,1H3,(H,24,26);1H. The summed E-state index contributed by atoms with van der Waals surface area (Å²) in [6, 6.07) is 16.4. The van der Waals surface area contributed by atoms with Crippen LogP contribution in [0.5, 0.6) is 5.75 Å². The Kier molecular flexibility index (Phi) is 4.20. The second-order valence-corrected chi connectivity index (χ2v) is 7.89. The molecule has 0 aliphatic carbocycles. The number of hydrogen-bond acceptors (Lipinski definition) is 4. The number of carbonyl (C=O) groups excluding carboxylic acids is 1. The van der Waals surface area contributed by atoms with E-state index in [0.717, 1.165) is 28.5 Å². The quantitative estimate of drug-likeness (QED) is 0.692. The monoisotopic (exact) mass is 391 g/mol. The number of anilines is 1. The predicted molar refractivity (Wildman–Crippen MR) is 113 cm³/mol. The summed E-state index contributed by atoms with van der Waals surface area (Å²) in [6.45, 7) is 2.18. The smallest absolute Gasteiger partial charge is 0.262 e. The Hall–Kier alpha value is -2.99. The van der Waals surface area contributed by atoms with E-state index in [9.17, 15) is 4.79 Å². The summed E-state index contributed by atoms with van der Waals surface area (Å²) < 4.78 is 7.62. The number of thioether (sulfide) groups is 1. The minimum atomic E-state index is -0.124. The van der Waals surface area contributed by atoms with Gasteiger partial charge >= 0.3 is 0 Å². The highest BCUT2D eigenvalue weighted by molar-refractivity contribution is 7.99. The largest absolute Gasteiger partial charge is 0.482 e. The molecule has 0 bridgehead atoms. The fourth-order valence-electron chi connectivity index (χ4n) is 3.53. The number of aryl methyl sites for hydroxylation is 1. The van der Waals surface area contributed by atoms with E-state index in [4.69, 9.17) is 9.72 Å². The molecule has 1 N–H and O–H groups in total. The van der Waals surface area contributed by atoms with Crippen molar-refractivity contribution in [2.45, 2.75) is 23.8 Å². The SMILES string of the molecule is CCc1cn2c(n1)SC(c1ccccc1)C(c1ccc3c(c1)NC(=O)CO3)=C2.[HH]. The third kappa shape index (κ3) is 2.99. The van der Waals surface area contributed by atoms with Gasteiger partial charge in [0.05, 0.1) is 16.6 Å². The number of aromatic nitrogens is 2. The molecule has 3 aromatic rings. The van der Waals surface area contributed by atoms with Crippen LogP contribution in [0.3, 0.4) is 0 Å². The van der Waals surface area contributed by atoms with E-state index in [0.29, 0.717) is 5.75 Å². The van der Waals surface area contributed by atoms with E-state index in [-0.39, 0.29) is 19.2 Å². The Bertz CT molecular complexity index is 1090. The predicted octanol–water partition coefficient (Wildman–Crippen LogP) is 4.87. The van der Waals surface area contributed by atoms with Crippen molar-refractivity contribution in [1.29, 1.82) is 0 Å². The highest BCUT2D eigenvalue weighted by Crippen LogP contribution is 2.48. The molecule has 2 aliphatic heterocycles. The summed E-state index contributed by atoms with van der Waals surface area (Å²) in [4.78, 5) is 16.5. The van der Waals surface area contributed by atoms with Gasteiger partial charge in [0.2, 0.25) is 0 Å². The molecule has 2 aliphatic rings. The second-order valence-electron chi connectivity index (χ2n) is 6.82. The van der Waals surface area contributed by atoms with E-state index < -0.39 is 0 Å². The molecule has 1 amide bonds. The fraction of sp³-hybridized carbons (Fsp3) is 0.182. The van der Waals surface area contributed by atoms with Crippen LogP contribution in [0.1, 0.15) is 30.4 Å². The highest BCUT2D eigenvalue weighted by atomic mass is 32.2. The first-order valence-electron chi connectivity index (χ1n) is 9.29. The molecule has 1 unspecified atom stereocenters. The van der Waals surface area contributed by atoms with Crippen LogP contribution < -0.4 is 10.1 Å². The molecule has 0 radical (unpaired) electrons. The van der Waals surface area contributed by atoms with Gasteiger partial charge in [-0.2, -0.15) is 0 Å². The van der Waals surface area contributed by atoms with Crippen molar-refractivity contribution in [2.75, 3.05) is 11.9 Å². The summed E-state index contributed by atoms with van der Waals surface area (Å²) in [6.07, 6.45) is 5.15. The van der Waals surface area contributed by atoms with Crippen molar-refractivity contribution in [3.8, 4) is 5.75 Å². The van der Waals surface area contributed by atoms with Gasteiger partial charge in [-0.3, -0.25) is 4.79 Å². The Morgan fingerprint density at radius 3 is 2.96 bits per heavy atom. The number of carbonyl (C=O) groups is 1. The van der Waals surface area contributed by atoms with Gasteiger partial charge in [0.25, 0.3) is 5.91 Å². The van der Waals surface area contributed by atoms with Gasteiger partial charge < -0.3 is 14.6 Å². The van der Waals surface area contributed by atoms with Gasteiger partial charge in [-0.1, -0.05) is 55.1 Å². The molecule has 5 nitrogen and oxygen atoms in total. The van der Waals surface area contributed by atoms with E-state index in [1.807, 2.05) is 18.2 Å².